The van der Waals surface area contributed by atoms with Gasteiger partial charge in [0.25, 0.3) is 0 Å². The average Bonchev–Trinajstić information content (AvgIpc) is 3.77. The van der Waals surface area contributed by atoms with Crippen LogP contribution in [-0.2, 0) is 0 Å². The van der Waals surface area contributed by atoms with Crippen molar-refractivity contribution in [1.29, 1.82) is 0 Å². The number of rotatable bonds is 5. The Morgan fingerprint density at radius 3 is 1.31 bits per heavy atom. The summed E-state index contributed by atoms with van der Waals surface area (Å²) in [6.07, 6.45) is 3.74. The maximum Gasteiger partial charge on any atom is 0.138 e. The van der Waals surface area contributed by atoms with Crippen molar-refractivity contribution >= 4 is 54.4 Å². The van der Waals surface area contributed by atoms with Crippen LogP contribution in [0.4, 0.5) is 0 Å². The molecule has 0 radical (unpaired) electrons. The van der Waals surface area contributed by atoms with Gasteiger partial charge in [0, 0.05) is 39.3 Å². The first kappa shape index (κ1) is 30.2. The lowest BCUT2D eigenvalue weighted by Gasteiger charge is -2.13. The average molecular weight is 691 g/mol. The number of hydrogen-bond donors (Lipinski definition) is 0. The predicted octanol–water partition coefficient (Wildman–Crippen LogP) is 11.6. The van der Waals surface area contributed by atoms with Crippen molar-refractivity contribution in [1.82, 2.24) is 29.1 Å². The summed E-state index contributed by atoms with van der Waals surface area (Å²) in [5, 5.41) is 7.01. The van der Waals surface area contributed by atoms with Gasteiger partial charge in [0.05, 0.1) is 44.8 Å². The molecule has 252 valence electrons. The maximum absolute atomic E-state index is 5.30. The molecule has 0 N–H and O–H groups in total. The molecule has 6 heterocycles. The van der Waals surface area contributed by atoms with Crippen molar-refractivity contribution in [3.05, 3.63) is 182 Å². The minimum atomic E-state index is 0.768. The van der Waals surface area contributed by atoms with Crippen LogP contribution in [0.15, 0.2) is 182 Å². The number of aromatic nitrogens is 6. The smallest absolute Gasteiger partial charge is 0.138 e. The zero-order chi connectivity index (χ0) is 35.6. The highest BCUT2D eigenvalue weighted by atomic mass is 15.1. The molecule has 6 nitrogen and oxygen atoms in total. The van der Waals surface area contributed by atoms with Gasteiger partial charge in [-0.15, -0.1) is 0 Å². The molecular formula is C48H30N6. The van der Waals surface area contributed by atoms with Crippen LogP contribution in [0.5, 0.6) is 0 Å². The molecule has 0 spiro atoms. The second kappa shape index (κ2) is 12.1. The van der Waals surface area contributed by atoms with E-state index in [0.717, 1.165) is 78.4 Å². The summed E-state index contributed by atoms with van der Waals surface area (Å²) in [5.41, 5.74) is 9.66. The first-order chi connectivity index (χ1) is 26.8. The highest BCUT2D eigenvalue weighted by Gasteiger charge is 2.17. The zero-order valence-corrected chi connectivity index (χ0v) is 29.0. The minimum Gasteiger partial charge on any atom is -0.294 e. The Kier molecular flexibility index (Phi) is 6.75. The predicted molar refractivity (Wildman–Crippen MR) is 220 cm³/mol. The van der Waals surface area contributed by atoms with Gasteiger partial charge in [0.15, 0.2) is 0 Å². The Balaban J connectivity index is 1.11. The van der Waals surface area contributed by atoms with Crippen LogP contribution >= 0.6 is 0 Å². The van der Waals surface area contributed by atoms with Gasteiger partial charge < -0.3 is 0 Å². The third-order valence-electron chi connectivity index (χ3n) is 10.4. The van der Waals surface area contributed by atoms with E-state index in [9.17, 15) is 0 Å². The molecule has 0 aliphatic carbocycles. The molecule has 54 heavy (non-hydrogen) atoms. The van der Waals surface area contributed by atoms with Crippen molar-refractivity contribution < 1.29 is 0 Å². The summed E-state index contributed by atoms with van der Waals surface area (Å²) in [7, 11) is 0. The molecule has 6 heteroatoms. The molecule has 0 unspecified atom stereocenters. The third-order valence-corrected chi connectivity index (χ3v) is 10.4. The number of benzene rings is 5. The van der Waals surface area contributed by atoms with Crippen LogP contribution in [0.25, 0.3) is 99.9 Å². The van der Waals surface area contributed by atoms with Crippen LogP contribution in [0.2, 0.25) is 0 Å². The van der Waals surface area contributed by atoms with Crippen molar-refractivity contribution in [2.75, 3.05) is 0 Å². The van der Waals surface area contributed by atoms with Gasteiger partial charge in [-0.1, -0.05) is 97.1 Å². The molecule has 6 aromatic heterocycles. The van der Waals surface area contributed by atoms with E-state index < -0.39 is 0 Å². The summed E-state index contributed by atoms with van der Waals surface area (Å²) in [4.78, 5) is 20.2. The van der Waals surface area contributed by atoms with Gasteiger partial charge in [-0.25, -0.2) is 15.0 Å². The second-order valence-corrected chi connectivity index (χ2v) is 13.6. The highest BCUT2D eigenvalue weighted by Crippen LogP contribution is 2.35. The highest BCUT2D eigenvalue weighted by molar-refractivity contribution is 6.10. The lowest BCUT2D eigenvalue weighted by molar-refractivity contribution is 1.07. The fourth-order valence-corrected chi connectivity index (χ4v) is 7.94. The fourth-order valence-electron chi connectivity index (χ4n) is 7.94. The van der Waals surface area contributed by atoms with E-state index >= 15 is 0 Å². The monoisotopic (exact) mass is 690 g/mol. The van der Waals surface area contributed by atoms with Crippen LogP contribution in [0.3, 0.4) is 0 Å². The van der Waals surface area contributed by atoms with Gasteiger partial charge in [0.1, 0.15) is 11.6 Å². The Morgan fingerprint density at radius 2 is 0.815 bits per heavy atom. The van der Waals surface area contributed by atoms with E-state index in [1.54, 1.807) is 0 Å². The number of nitrogens with zero attached hydrogens (tertiary/aromatic N) is 6. The molecule has 0 amide bonds. The summed E-state index contributed by atoms with van der Waals surface area (Å²) in [6.45, 7) is 0. The number of para-hydroxylation sites is 4. The van der Waals surface area contributed by atoms with Gasteiger partial charge in [-0.05, 0) is 89.3 Å². The molecule has 0 bridgehead atoms. The van der Waals surface area contributed by atoms with Crippen molar-refractivity contribution in [2.24, 2.45) is 0 Å². The van der Waals surface area contributed by atoms with E-state index in [0.29, 0.717) is 0 Å². The van der Waals surface area contributed by atoms with Gasteiger partial charge in [0.2, 0.25) is 0 Å². The van der Waals surface area contributed by atoms with Crippen molar-refractivity contribution in [2.45, 2.75) is 0 Å². The van der Waals surface area contributed by atoms with Crippen LogP contribution in [-0.4, -0.2) is 29.1 Å². The largest absolute Gasteiger partial charge is 0.294 e. The minimum absolute atomic E-state index is 0.768. The SMILES string of the molecule is c1cc(-c2cc(-c3ccc4cnccc4c3)cc(-c3cccc(-n4c5ccccc5c5ccccc54)n3)n2)nc(-n2c3ccccc3c3ccccc32)c1. The first-order valence-corrected chi connectivity index (χ1v) is 18.1. The van der Waals surface area contributed by atoms with Crippen molar-refractivity contribution in [3.63, 3.8) is 0 Å². The summed E-state index contributed by atoms with van der Waals surface area (Å²) >= 11 is 0. The molecule has 0 fully saturated rings. The Hall–Kier alpha value is -7.44. The lowest BCUT2D eigenvalue weighted by Crippen LogP contribution is -2.01. The maximum atomic E-state index is 5.30. The summed E-state index contributed by atoms with van der Waals surface area (Å²) < 4.78 is 4.49. The molecule has 0 saturated carbocycles. The number of fused-ring (bicyclic) bond motifs is 7. The summed E-state index contributed by atoms with van der Waals surface area (Å²) in [5.74, 6) is 1.67. The third kappa shape index (κ3) is 4.81. The molecule has 5 aromatic carbocycles. The zero-order valence-electron chi connectivity index (χ0n) is 29.0. The topological polar surface area (TPSA) is 61.4 Å². The molecule has 0 atom stereocenters. The normalized spacial score (nSPS) is 11.7. The van der Waals surface area contributed by atoms with E-state index in [1.807, 2.05) is 24.5 Å². The van der Waals surface area contributed by atoms with Crippen LogP contribution in [0.1, 0.15) is 0 Å². The van der Waals surface area contributed by atoms with Crippen molar-refractivity contribution in [3.8, 4) is 45.5 Å². The number of pyridine rings is 4. The van der Waals surface area contributed by atoms with Gasteiger partial charge >= 0.3 is 0 Å². The molecule has 0 aliphatic heterocycles. The standard InChI is InChI=1S/C48H30N6/c1-5-17-43-35(11-1)36-12-2-6-18-44(36)53(43)47-21-9-15-39(51-47)41-28-34(31-23-24-33-30-49-26-25-32(33)27-31)29-42(50-41)40-16-10-22-48(52-40)54-45-19-7-3-13-37(45)38-14-4-8-20-46(38)54/h1-30H. The summed E-state index contributed by atoms with van der Waals surface area (Å²) in [6, 6.07) is 59.2. The molecular weight excluding hydrogens is 661 g/mol. The molecule has 11 aromatic rings. The Bertz CT molecular complexity index is 2960. The molecule has 0 saturated heterocycles. The Labute approximate surface area is 310 Å². The quantitative estimate of drug-likeness (QED) is 0.180. The number of hydrogen-bond acceptors (Lipinski definition) is 4. The van der Waals surface area contributed by atoms with Gasteiger partial charge in [-0.3, -0.25) is 14.1 Å². The van der Waals surface area contributed by atoms with Crippen LogP contribution < -0.4 is 0 Å². The first-order valence-electron chi connectivity index (χ1n) is 18.1. The van der Waals surface area contributed by atoms with Crippen LogP contribution in [0, 0.1) is 0 Å². The fraction of sp³-hybridized carbons (Fsp3) is 0. The van der Waals surface area contributed by atoms with Gasteiger partial charge in [-0.2, -0.15) is 0 Å². The Morgan fingerprint density at radius 1 is 0.333 bits per heavy atom. The van der Waals surface area contributed by atoms with E-state index in [1.165, 1.54) is 21.5 Å². The molecule has 11 rings (SSSR count). The van der Waals surface area contributed by atoms with E-state index in [4.69, 9.17) is 15.0 Å². The van der Waals surface area contributed by atoms with E-state index in [2.05, 4.69) is 172 Å². The lowest BCUT2D eigenvalue weighted by atomic mass is 10.00. The second-order valence-electron chi connectivity index (χ2n) is 13.6. The van der Waals surface area contributed by atoms with E-state index in [-0.39, 0.29) is 0 Å². The molecule has 0 aliphatic rings.